The third kappa shape index (κ3) is 6.89. The van der Waals surface area contributed by atoms with Crippen LogP contribution < -0.4 is 19.8 Å². The molecule has 3 aromatic rings. The molecule has 9 heteroatoms. The fourth-order valence-electron chi connectivity index (χ4n) is 6.90. The summed E-state index contributed by atoms with van der Waals surface area (Å²) in [6.45, 7) is 8.83. The number of carbonyl (C=O) groups is 2. The number of carboxylic acid groups (broad SMARTS) is 1. The molecule has 1 heterocycles. The second-order valence-electron chi connectivity index (χ2n) is 13.2. The topological polar surface area (TPSA) is 94.5 Å². The van der Waals surface area contributed by atoms with E-state index < -0.39 is 26.4 Å². The summed E-state index contributed by atoms with van der Waals surface area (Å²) in [5.74, 6) is 0.224. The summed E-state index contributed by atoms with van der Waals surface area (Å²) in [5, 5.41) is 12.3. The van der Waals surface area contributed by atoms with Gasteiger partial charge in [0.1, 0.15) is 23.7 Å². The Labute approximate surface area is 267 Å². The van der Waals surface area contributed by atoms with Gasteiger partial charge in [0.15, 0.2) is 0 Å². The number of aryl methyl sites for hydroxylation is 1. The molecular formula is C36H45NO7Si. The molecule has 1 saturated carbocycles. The zero-order chi connectivity index (χ0) is 32.2. The highest BCUT2D eigenvalue weighted by Crippen LogP contribution is 2.40. The lowest BCUT2D eigenvalue weighted by Crippen LogP contribution is -2.67. The average molecular weight is 632 g/mol. The summed E-state index contributed by atoms with van der Waals surface area (Å²) >= 11 is 0. The maximum atomic E-state index is 13.0. The van der Waals surface area contributed by atoms with Crippen LogP contribution in [0.2, 0.25) is 5.04 Å². The van der Waals surface area contributed by atoms with Crippen molar-refractivity contribution in [3.8, 4) is 11.5 Å². The second-order valence-corrected chi connectivity index (χ2v) is 17.4. The van der Waals surface area contributed by atoms with Gasteiger partial charge in [-0.1, -0.05) is 81.4 Å². The van der Waals surface area contributed by atoms with E-state index in [0.717, 1.165) is 41.6 Å². The molecule has 240 valence electrons. The van der Waals surface area contributed by atoms with Gasteiger partial charge in [-0.05, 0) is 72.1 Å². The third-order valence-electron chi connectivity index (χ3n) is 9.01. The molecule has 1 aliphatic carbocycles. The SMILES string of the molecule is COC(=O)c1c(OC[C@H]2C[C@H](O[Si](c3ccccc3)(c3ccccc3)C(C)(C)C)CN2C(=O)O)cc(C)cc1OC1CCCC1. The van der Waals surface area contributed by atoms with E-state index in [2.05, 4.69) is 45.0 Å². The van der Waals surface area contributed by atoms with Crippen LogP contribution in [0.5, 0.6) is 11.5 Å². The standard InChI is InChI=1S/C36H45NO7Si/c1-25-20-31(33(34(38)41-5)32(21-25)43-27-14-12-13-15-27)42-24-26-22-28(23-37(26)35(39)40)44-45(36(2,3)4,29-16-8-6-9-17-29)30-18-10-7-11-19-30/h6-11,16-21,26-28H,12-15,22-24H2,1-5H3,(H,39,40)/t26-,28+/m1/s1. The number of hydrogen-bond acceptors (Lipinski definition) is 6. The summed E-state index contributed by atoms with van der Waals surface area (Å²) in [5.41, 5.74) is 1.11. The number of amides is 1. The van der Waals surface area contributed by atoms with E-state index in [1.54, 1.807) is 6.07 Å². The molecule has 1 saturated heterocycles. The van der Waals surface area contributed by atoms with E-state index in [-0.39, 0.29) is 36.0 Å². The van der Waals surface area contributed by atoms with E-state index in [9.17, 15) is 14.7 Å². The number of methoxy groups -OCH3 is 1. The maximum Gasteiger partial charge on any atom is 0.407 e. The largest absolute Gasteiger partial charge is 0.490 e. The number of ether oxygens (including phenoxy) is 3. The van der Waals surface area contributed by atoms with E-state index in [1.165, 1.54) is 12.0 Å². The summed E-state index contributed by atoms with van der Waals surface area (Å²) in [6.07, 6.45) is 3.19. The van der Waals surface area contributed by atoms with Gasteiger partial charge >= 0.3 is 12.1 Å². The molecular weight excluding hydrogens is 586 g/mol. The van der Waals surface area contributed by atoms with Crippen molar-refractivity contribution in [2.75, 3.05) is 20.3 Å². The number of hydrogen-bond donors (Lipinski definition) is 1. The van der Waals surface area contributed by atoms with E-state index in [4.69, 9.17) is 18.6 Å². The number of esters is 1. The molecule has 45 heavy (non-hydrogen) atoms. The molecule has 0 unspecified atom stereocenters. The van der Waals surface area contributed by atoms with Crippen LogP contribution in [0.1, 0.15) is 68.8 Å². The van der Waals surface area contributed by atoms with Crippen molar-refractivity contribution in [2.24, 2.45) is 0 Å². The highest BCUT2D eigenvalue weighted by molar-refractivity contribution is 6.99. The van der Waals surface area contributed by atoms with Gasteiger partial charge in [-0.3, -0.25) is 4.90 Å². The molecule has 0 bridgehead atoms. The van der Waals surface area contributed by atoms with Crippen LogP contribution in [0.3, 0.4) is 0 Å². The van der Waals surface area contributed by atoms with Crippen molar-refractivity contribution in [1.29, 1.82) is 0 Å². The molecule has 1 N–H and O–H groups in total. The Balaban J connectivity index is 1.43. The first-order chi connectivity index (χ1) is 21.5. The molecule has 2 fully saturated rings. The van der Waals surface area contributed by atoms with Crippen LogP contribution in [-0.4, -0.2) is 68.9 Å². The fourth-order valence-corrected chi connectivity index (χ4v) is 11.6. The zero-order valence-electron chi connectivity index (χ0n) is 27.0. The minimum atomic E-state index is -2.90. The number of carbonyl (C=O) groups excluding carboxylic acids is 1. The first-order valence-corrected chi connectivity index (χ1v) is 17.7. The van der Waals surface area contributed by atoms with Crippen LogP contribution in [-0.2, 0) is 9.16 Å². The Morgan fingerprint density at radius 3 is 2.02 bits per heavy atom. The van der Waals surface area contributed by atoms with Gasteiger partial charge in [-0.15, -0.1) is 0 Å². The number of nitrogens with zero attached hydrogens (tertiary/aromatic N) is 1. The van der Waals surface area contributed by atoms with Gasteiger partial charge in [0.25, 0.3) is 8.32 Å². The number of rotatable bonds is 10. The van der Waals surface area contributed by atoms with Crippen molar-refractivity contribution in [2.45, 2.75) is 83.1 Å². The highest BCUT2D eigenvalue weighted by Gasteiger charge is 2.53. The average Bonchev–Trinajstić information content (AvgIpc) is 3.68. The van der Waals surface area contributed by atoms with E-state index in [0.29, 0.717) is 17.9 Å². The molecule has 1 aliphatic heterocycles. The van der Waals surface area contributed by atoms with Crippen LogP contribution in [0.15, 0.2) is 72.8 Å². The molecule has 3 aromatic carbocycles. The Bertz CT molecular complexity index is 1430. The minimum Gasteiger partial charge on any atom is -0.490 e. The smallest absolute Gasteiger partial charge is 0.407 e. The maximum absolute atomic E-state index is 13.0. The Hall–Kier alpha value is -3.82. The van der Waals surface area contributed by atoms with Crippen molar-refractivity contribution in [1.82, 2.24) is 4.90 Å². The van der Waals surface area contributed by atoms with Gasteiger partial charge in [0, 0.05) is 6.54 Å². The molecule has 8 nitrogen and oxygen atoms in total. The Morgan fingerprint density at radius 1 is 0.911 bits per heavy atom. The van der Waals surface area contributed by atoms with Gasteiger partial charge in [-0.2, -0.15) is 0 Å². The monoisotopic (exact) mass is 631 g/mol. The second kappa shape index (κ2) is 13.7. The lowest BCUT2D eigenvalue weighted by molar-refractivity contribution is 0.0585. The number of benzene rings is 3. The summed E-state index contributed by atoms with van der Waals surface area (Å²) in [4.78, 5) is 26.9. The molecule has 2 atom stereocenters. The minimum absolute atomic E-state index is 0.0415. The lowest BCUT2D eigenvalue weighted by Gasteiger charge is -2.44. The van der Waals surface area contributed by atoms with E-state index in [1.807, 2.05) is 49.4 Å². The van der Waals surface area contributed by atoms with E-state index >= 15 is 0 Å². The molecule has 0 spiro atoms. The van der Waals surface area contributed by atoms with Gasteiger partial charge < -0.3 is 23.7 Å². The fraction of sp³-hybridized carbons (Fsp3) is 0.444. The van der Waals surface area contributed by atoms with Crippen molar-refractivity contribution in [3.05, 3.63) is 83.9 Å². The molecule has 5 rings (SSSR count). The first-order valence-electron chi connectivity index (χ1n) is 15.8. The quantitative estimate of drug-likeness (QED) is 0.211. The predicted octanol–water partition coefficient (Wildman–Crippen LogP) is 6.18. The van der Waals surface area contributed by atoms with Crippen molar-refractivity contribution in [3.63, 3.8) is 0 Å². The van der Waals surface area contributed by atoms with Gasteiger partial charge in [0.05, 0.1) is 25.4 Å². The van der Waals surface area contributed by atoms with Gasteiger partial charge in [-0.25, -0.2) is 9.59 Å². The van der Waals surface area contributed by atoms with Gasteiger partial charge in [0.2, 0.25) is 0 Å². The summed E-state index contributed by atoms with van der Waals surface area (Å²) in [6, 6.07) is 23.8. The molecule has 0 aromatic heterocycles. The highest BCUT2D eigenvalue weighted by atomic mass is 28.4. The van der Waals surface area contributed by atoms with Crippen LogP contribution in [0.4, 0.5) is 4.79 Å². The summed E-state index contributed by atoms with van der Waals surface area (Å²) in [7, 11) is -1.56. The van der Waals surface area contributed by atoms with Crippen molar-refractivity contribution < 1.29 is 33.3 Å². The Kier molecular flexibility index (Phi) is 9.89. The zero-order valence-corrected chi connectivity index (χ0v) is 28.0. The first kappa shape index (κ1) is 32.6. The Morgan fingerprint density at radius 2 is 1.49 bits per heavy atom. The molecule has 1 amide bonds. The van der Waals surface area contributed by atoms with Crippen LogP contribution in [0, 0.1) is 6.92 Å². The lowest BCUT2D eigenvalue weighted by atomic mass is 10.1. The summed E-state index contributed by atoms with van der Waals surface area (Å²) < 4.78 is 25.0. The molecule has 0 radical (unpaired) electrons. The predicted molar refractivity (Wildman–Crippen MR) is 177 cm³/mol. The number of likely N-dealkylation sites (tertiary alicyclic amines) is 1. The molecule has 2 aliphatic rings. The normalized spacial score (nSPS) is 19.0. The van der Waals surface area contributed by atoms with Crippen molar-refractivity contribution >= 4 is 30.8 Å². The third-order valence-corrected chi connectivity index (χ3v) is 14.1. The van der Waals surface area contributed by atoms with Crippen LogP contribution >= 0.6 is 0 Å². The van der Waals surface area contributed by atoms with Crippen LogP contribution in [0.25, 0.3) is 0 Å².